The maximum absolute atomic E-state index is 6.09. The van der Waals surface area contributed by atoms with Crippen molar-refractivity contribution in [2.75, 3.05) is 13.2 Å². The predicted molar refractivity (Wildman–Crippen MR) is 86.9 cm³/mol. The molecule has 3 nitrogen and oxygen atoms in total. The van der Waals surface area contributed by atoms with Gasteiger partial charge in [0.25, 0.3) is 0 Å². The molecule has 0 aliphatic heterocycles. The van der Waals surface area contributed by atoms with E-state index in [1.54, 1.807) is 0 Å². The summed E-state index contributed by atoms with van der Waals surface area (Å²) < 4.78 is 11.9. The fraction of sp³-hybridized carbons (Fsp3) is 0.500. The molecule has 0 spiro atoms. The zero-order valence-corrected chi connectivity index (χ0v) is 14.1. The van der Waals surface area contributed by atoms with Crippen LogP contribution in [-0.4, -0.2) is 26.5 Å². The molecule has 0 radical (unpaired) electrons. The number of hydrogen-bond donors (Lipinski definition) is 1. The van der Waals surface area contributed by atoms with E-state index in [2.05, 4.69) is 51.0 Å². The van der Waals surface area contributed by atoms with Crippen molar-refractivity contribution >= 4 is 19.2 Å². The molecule has 0 aliphatic rings. The molecule has 0 bridgehead atoms. The van der Waals surface area contributed by atoms with Gasteiger partial charge in [-0.05, 0) is 41.7 Å². The minimum absolute atomic E-state index is 0.246. The summed E-state index contributed by atoms with van der Waals surface area (Å²) in [5.41, 5.74) is 1.10. The first-order chi connectivity index (χ1) is 9.29. The van der Waals surface area contributed by atoms with Crippen LogP contribution < -0.4 is 4.74 Å². The lowest BCUT2D eigenvalue weighted by atomic mass is 10.2. The highest BCUT2D eigenvalue weighted by molar-refractivity contribution is 6.74. The normalized spacial score (nSPS) is 12.8. The van der Waals surface area contributed by atoms with E-state index in [1.165, 1.54) is 5.39 Å². The van der Waals surface area contributed by atoms with E-state index in [0.717, 1.165) is 11.3 Å². The molecule has 2 rings (SSSR count). The van der Waals surface area contributed by atoms with Crippen LogP contribution in [0.1, 0.15) is 20.8 Å². The van der Waals surface area contributed by atoms with E-state index in [0.29, 0.717) is 13.2 Å². The Morgan fingerprint density at radius 1 is 1.10 bits per heavy atom. The minimum atomic E-state index is -1.66. The molecule has 0 saturated carbocycles. The number of aromatic amines is 1. The standard InChI is InChI=1S/C16H25NO2Si/c1-16(2,3)20(4,5)19-11-10-18-14-7-6-13-8-9-17-15(13)12-14/h6-9,12,17H,10-11H2,1-5H3. The zero-order chi connectivity index (χ0) is 14.8. The summed E-state index contributed by atoms with van der Waals surface area (Å²) in [6, 6.07) is 8.15. The Labute approximate surface area is 122 Å². The molecule has 1 aromatic heterocycles. The van der Waals surface area contributed by atoms with Crippen LogP contribution in [0.25, 0.3) is 10.9 Å². The molecule has 0 fully saturated rings. The second-order valence-electron chi connectivity index (χ2n) is 6.68. The van der Waals surface area contributed by atoms with E-state index in [-0.39, 0.29) is 5.04 Å². The fourth-order valence-corrected chi connectivity index (χ4v) is 2.82. The first-order valence-corrected chi connectivity index (χ1v) is 10.0. The summed E-state index contributed by atoms with van der Waals surface area (Å²) >= 11 is 0. The van der Waals surface area contributed by atoms with Gasteiger partial charge in [0.05, 0.1) is 6.61 Å². The molecular formula is C16H25NO2Si. The Hall–Kier alpha value is -1.26. The molecule has 0 saturated heterocycles. The molecule has 20 heavy (non-hydrogen) atoms. The molecule has 2 aromatic rings. The van der Waals surface area contributed by atoms with Crippen molar-refractivity contribution in [3.8, 4) is 5.75 Å². The third-order valence-electron chi connectivity index (χ3n) is 4.15. The Balaban J connectivity index is 1.84. The maximum Gasteiger partial charge on any atom is 0.192 e. The highest BCUT2D eigenvalue weighted by Gasteiger charge is 2.36. The number of H-pyrrole nitrogens is 1. The van der Waals surface area contributed by atoms with E-state index in [1.807, 2.05) is 18.3 Å². The minimum Gasteiger partial charge on any atom is -0.491 e. The van der Waals surface area contributed by atoms with E-state index >= 15 is 0 Å². The van der Waals surface area contributed by atoms with E-state index < -0.39 is 8.32 Å². The van der Waals surface area contributed by atoms with Crippen LogP contribution in [-0.2, 0) is 4.43 Å². The van der Waals surface area contributed by atoms with Gasteiger partial charge in [0, 0.05) is 17.8 Å². The lowest BCUT2D eigenvalue weighted by molar-refractivity contribution is 0.203. The summed E-state index contributed by atoms with van der Waals surface area (Å²) in [7, 11) is -1.66. The van der Waals surface area contributed by atoms with Gasteiger partial charge in [-0.1, -0.05) is 20.8 Å². The van der Waals surface area contributed by atoms with Crippen molar-refractivity contribution in [3.05, 3.63) is 30.5 Å². The summed E-state index contributed by atoms with van der Waals surface area (Å²) in [5.74, 6) is 0.888. The van der Waals surface area contributed by atoms with Gasteiger partial charge in [-0.25, -0.2) is 0 Å². The second kappa shape index (κ2) is 5.62. The van der Waals surface area contributed by atoms with Gasteiger partial charge in [0.1, 0.15) is 12.4 Å². The van der Waals surface area contributed by atoms with Gasteiger partial charge in [-0.3, -0.25) is 0 Å². The first-order valence-electron chi connectivity index (χ1n) is 7.13. The Bertz CT molecular complexity index is 569. The summed E-state index contributed by atoms with van der Waals surface area (Å²) in [5, 5.41) is 1.45. The van der Waals surface area contributed by atoms with Gasteiger partial charge < -0.3 is 14.1 Å². The van der Waals surface area contributed by atoms with Crippen molar-refractivity contribution in [2.45, 2.75) is 38.9 Å². The van der Waals surface area contributed by atoms with E-state index in [9.17, 15) is 0 Å². The number of ether oxygens (including phenoxy) is 1. The largest absolute Gasteiger partial charge is 0.491 e. The molecule has 0 unspecified atom stereocenters. The molecule has 4 heteroatoms. The van der Waals surface area contributed by atoms with Crippen molar-refractivity contribution in [3.63, 3.8) is 0 Å². The van der Waals surface area contributed by atoms with Crippen LogP contribution in [0, 0.1) is 0 Å². The Morgan fingerprint density at radius 2 is 1.85 bits per heavy atom. The zero-order valence-electron chi connectivity index (χ0n) is 13.1. The monoisotopic (exact) mass is 291 g/mol. The Kier molecular flexibility index (Phi) is 4.25. The van der Waals surface area contributed by atoms with Crippen molar-refractivity contribution < 1.29 is 9.16 Å². The molecule has 1 aromatic carbocycles. The lowest BCUT2D eigenvalue weighted by Gasteiger charge is -2.36. The topological polar surface area (TPSA) is 34.2 Å². The van der Waals surface area contributed by atoms with Crippen LogP contribution in [0.5, 0.6) is 5.75 Å². The fourth-order valence-electron chi connectivity index (χ4n) is 1.79. The van der Waals surface area contributed by atoms with Crippen molar-refractivity contribution in [1.82, 2.24) is 4.98 Å². The summed E-state index contributed by atoms with van der Waals surface area (Å²) in [6.07, 6.45) is 1.94. The molecule has 0 amide bonds. The van der Waals surface area contributed by atoms with Gasteiger partial charge in [0.15, 0.2) is 8.32 Å². The lowest BCUT2D eigenvalue weighted by Crippen LogP contribution is -2.41. The van der Waals surface area contributed by atoms with Crippen LogP contribution in [0.2, 0.25) is 18.1 Å². The third kappa shape index (κ3) is 3.44. The average Bonchev–Trinajstić information content (AvgIpc) is 2.80. The average molecular weight is 291 g/mol. The predicted octanol–water partition coefficient (Wildman–Crippen LogP) is 4.57. The molecule has 1 heterocycles. The molecule has 110 valence electrons. The quantitative estimate of drug-likeness (QED) is 0.647. The summed E-state index contributed by atoms with van der Waals surface area (Å²) in [4.78, 5) is 3.19. The number of fused-ring (bicyclic) bond motifs is 1. The van der Waals surface area contributed by atoms with Crippen molar-refractivity contribution in [2.24, 2.45) is 0 Å². The van der Waals surface area contributed by atoms with E-state index in [4.69, 9.17) is 9.16 Å². The highest BCUT2D eigenvalue weighted by Crippen LogP contribution is 2.36. The van der Waals surface area contributed by atoms with Gasteiger partial charge >= 0.3 is 0 Å². The molecular weight excluding hydrogens is 266 g/mol. The van der Waals surface area contributed by atoms with Gasteiger partial charge in [0.2, 0.25) is 0 Å². The van der Waals surface area contributed by atoms with Crippen LogP contribution in [0.4, 0.5) is 0 Å². The van der Waals surface area contributed by atoms with Crippen molar-refractivity contribution in [1.29, 1.82) is 0 Å². The van der Waals surface area contributed by atoms with Gasteiger partial charge in [-0.2, -0.15) is 0 Å². The maximum atomic E-state index is 6.09. The number of benzene rings is 1. The molecule has 0 aliphatic carbocycles. The number of nitrogens with one attached hydrogen (secondary N) is 1. The Morgan fingerprint density at radius 3 is 2.55 bits per heavy atom. The van der Waals surface area contributed by atoms with Crippen LogP contribution in [0.3, 0.4) is 0 Å². The SMILES string of the molecule is CC(C)(C)[Si](C)(C)OCCOc1ccc2cc[nH]c2c1. The highest BCUT2D eigenvalue weighted by atomic mass is 28.4. The van der Waals surface area contributed by atoms with Gasteiger partial charge in [-0.15, -0.1) is 0 Å². The summed E-state index contributed by atoms with van der Waals surface area (Å²) in [6.45, 7) is 12.5. The number of hydrogen-bond acceptors (Lipinski definition) is 2. The molecule has 0 atom stereocenters. The third-order valence-corrected chi connectivity index (χ3v) is 8.69. The smallest absolute Gasteiger partial charge is 0.192 e. The van der Waals surface area contributed by atoms with Crippen LogP contribution >= 0.6 is 0 Å². The number of rotatable bonds is 5. The number of aromatic nitrogens is 1. The first kappa shape index (κ1) is 15.1. The van der Waals surface area contributed by atoms with Crippen LogP contribution in [0.15, 0.2) is 30.5 Å². The molecule has 1 N–H and O–H groups in total. The second-order valence-corrected chi connectivity index (χ2v) is 11.5.